The molecule has 12 nitrogen and oxygen atoms in total. The van der Waals surface area contributed by atoms with Crippen molar-refractivity contribution in [1.82, 2.24) is 29.3 Å². The number of sulfonamides is 1. The van der Waals surface area contributed by atoms with E-state index in [1.54, 1.807) is 10.6 Å². The molecule has 1 aromatic heterocycles. The van der Waals surface area contributed by atoms with Crippen LogP contribution in [0.5, 0.6) is 0 Å². The third-order valence-corrected chi connectivity index (χ3v) is 10.4. The molecular formula is C30H44N6O6S. The summed E-state index contributed by atoms with van der Waals surface area (Å²) in [6, 6.07) is 9.65. The number of hydrogen-bond acceptors (Lipinski definition) is 8. The summed E-state index contributed by atoms with van der Waals surface area (Å²) in [6.45, 7) is 6.97. The maximum atomic E-state index is 13.5. The van der Waals surface area contributed by atoms with Crippen LogP contribution in [0.1, 0.15) is 55.9 Å². The van der Waals surface area contributed by atoms with Crippen LogP contribution in [-0.4, -0.2) is 116 Å². The highest BCUT2D eigenvalue weighted by molar-refractivity contribution is 7.88. The second-order valence-corrected chi connectivity index (χ2v) is 14.3. The van der Waals surface area contributed by atoms with Gasteiger partial charge in [0.25, 0.3) is 11.5 Å². The number of para-hydroxylation sites is 1. The van der Waals surface area contributed by atoms with E-state index in [4.69, 9.17) is 4.74 Å². The first-order valence-corrected chi connectivity index (χ1v) is 17.1. The topological polar surface area (TPSA) is 133 Å². The first kappa shape index (κ1) is 31.4. The molecule has 0 saturated carbocycles. The van der Waals surface area contributed by atoms with Gasteiger partial charge in [-0.2, -0.15) is 4.31 Å². The fourth-order valence-corrected chi connectivity index (χ4v) is 7.85. The van der Waals surface area contributed by atoms with Gasteiger partial charge >= 0.3 is 6.09 Å². The summed E-state index contributed by atoms with van der Waals surface area (Å²) < 4.78 is 32.8. The standard InChI is InChI=1S/C30H44N6O6S/c1-20(2)36-27-8-6-5-7-21(27)15-26(29(36)38)28(37)32-22-16-23-9-10-24(17-22)35(23)19-25(42-30(39)31-3)18-33-11-13-34(14-12-33)43(4,40)41/h5-8,15,20,22-25H,9-14,16-19H2,1-4H3,(H,31,39)(H,32,37)/t22-,23+,24-,25?. The number of ether oxygens (including phenoxy) is 1. The lowest BCUT2D eigenvalue weighted by Gasteiger charge is -2.41. The van der Waals surface area contributed by atoms with Gasteiger partial charge in [-0.1, -0.05) is 18.2 Å². The second kappa shape index (κ2) is 12.9. The number of pyridine rings is 1. The number of fused-ring (bicyclic) bond motifs is 3. The SMILES string of the molecule is CNC(=O)OC(CN1CCN(S(C)(=O)=O)CC1)CN1[C@@H]2CC[C@H]1C[C@@H](NC(=O)c1cc3ccccc3n(C(C)C)c1=O)C2. The minimum atomic E-state index is -3.23. The zero-order chi connectivity index (χ0) is 30.9. The third-order valence-electron chi connectivity index (χ3n) is 9.08. The minimum absolute atomic E-state index is 0.0537. The van der Waals surface area contributed by atoms with Crippen LogP contribution in [0, 0.1) is 0 Å². The summed E-state index contributed by atoms with van der Waals surface area (Å²) in [6.07, 6.45) is 3.86. The van der Waals surface area contributed by atoms with Gasteiger partial charge in [0.1, 0.15) is 11.7 Å². The summed E-state index contributed by atoms with van der Waals surface area (Å²) in [5, 5.41) is 6.57. The lowest BCUT2D eigenvalue weighted by molar-refractivity contribution is 0.0142. The van der Waals surface area contributed by atoms with Crippen molar-refractivity contribution >= 4 is 32.9 Å². The van der Waals surface area contributed by atoms with Crippen LogP contribution in [0.4, 0.5) is 4.79 Å². The quantitative estimate of drug-likeness (QED) is 0.434. The predicted molar refractivity (Wildman–Crippen MR) is 165 cm³/mol. The van der Waals surface area contributed by atoms with E-state index in [9.17, 15) is 22.8 Å². The molecule has 2 bridgehead atoms. The van der Waals surface area contributed by atoms with Crippen molar-refractivity contribution < 1.29 is 22.7 Å². The summed E-state index contributed by atoms with van der Waals surface area (Å²) in [5.74, 6) is -0.336. The van der Waals surface area contributed by atoms with Crippen LogP contribution in [0.15, 0.2) is 35.1 Å². The number of aromatic nitrogens is 1. The summed E-state index contributed by atoms with van der Waals surface area (Å²) in [4.78, 5) is 43.6. The number of rotatable bonds is 9. The zero-order valence-corrected chi connectivity index (χ0v) is 26.3. The Morgan fingerprint density at radius 2 is 1.67 bits per heavy atom. The highest BCUT2D eigenvalue weighted by Gasteiger charge is 2.43. The molecule has 2 aromatic rings. The molecule has 1 aromatic carbocycles. The Bertz CT molecular complexity index is 1490. The van der Waals surface area contributed by atoms with Crippen molar-refractivity contribution in [2.75, 3.05) is 52.6 Å². The average Bonchev–Trinajstić information content (AvgIpc) is 3.18. The molecule has 3 fully saturated rings. The molecule has 0 spiro atoms. The molecule has 2 N–H and O–H groups in total. The molecule has 236 valence electrons. The van der Waals surface area contributed by atoms with Crippen molar-refractivity contribution in [2.24, 2.45) is 0 Å². The van der Waals surface area contributed by atoms with Crippen LogP contribution in [0.25, 0.3) is 10.9 Å². The normalized spacial score (nSPS) is 24.3. The fraction of sp³-hybridized carbons (Fsp3) is 0.633. The molecule has 1 unspecified atom stereocenters. The first-order valence-electron chi connectivity index (χ1n) is 15.2. The Balaban J connectivity index is 1.24. The molecular weight excluding hydrogens is 572 g/mol. The van der Waals surface area contributed by atoms with Gasteiger partial charge in [0.2, 0.25) is 10.0 Å². The Morgan fingerprint density at radius 3 is 2.28 bits per heavy atom. The number of hydrogen-bond donors (Lipinski definition) is 2. The average molecular weight is 617 g/mol. The number of carbonyl (C=O) groups excluding carboxylic acids is 2. The lowest BCUT2D eigenvalue weighted by Crippen LogP contribution is -2.55. The van der Waals surface area contributed by atoms with E-state index in [0.717, 1.165) is 36.6 Å². The Hall–Kier alpha value is -3.00. The molecule has 0 radical (unpaired) electrons. The number of carbonyl (C=O) groups is 2. The monoisotopic (exact) mass is 616 g/mol. The number of amides is 2. The van der Waals surface area contributed by atoms with Crippen molar-refractivity contribution in [1.29, 1.82) is 0 Å². The van der Waals surface area contributed by atoms with Crippen molar-refractivity contribution in [3.63, 3.8) is 0 Å². The van der Waals surface area contributed by atoms with Crippen LogP contribution < -0.4 is 16.2 Å². The van der Waals surface area contributed by atoms with E-state index in [-0.39, 0.29) is 47.3 Å². The molecule has 3 aliphatic heterocycles. The predicted octanol–water partition coefficient (Wildman–Crippen LogP) is 1.61. The number of nitrogens with zero attached hydrogens (tertiary/aromatic N) is 4. The van der Waals surface area contributed by atoms with Crippen LogP contribution in [0.3, 0.4) is 0 Å². The maximum Gasteiger partial charge on any atom is 0.407 e. The Labute approximate surface area is 253 Å². The molecule has 4 atom stereocenters. The minimum Gasteiger partial charge on any atom is -0.444 e. The molecule has 4 heterocycles. The molecule has 5 rings (SSSR count). The smallest absolute Gasteiger partial charge is 0.407 e. The van der Waals surface area contributed by atoms with Gasteiger partial charge in [-0.25, -0.2) is 13.2 Å². The number of benzene rings is 1. The lowest BCUT2D eigenvalue weighted by atomic mass is 9.96. The van der Waals surface area contributed by atoms with Gasteiger partial charge in [-0.3, -0.25) is 19.4 Å². The van der Waals surface area contributed by atoms with Gasteiger partial charge < -0.3 is 19.9 Å². The molecule has 2 amide bonds. The fourth-order valence-electron chi connectivity index (χ4n) is 7.02. The van der Waals surface area contributed by atoms with E-state index < -0.39 is 16.1 Å². The van der Waals surface area contributed by atoms with E-state index in [1.165, 1.54) is 17.6 Å². The van der Waals surface area contributed by atoms with Crippen LogP contribution in [0.2, 0.25) is 0 Å². The Morgan fingerprint density at radius 1 is 1.02 bits per heavy atom. The van der Waals surface area contributed by atoms with Crippen LogP contribution >= 0.6 is 0 Å². The highest BCUT2D eigenvalue weighted by Crippen LogP contribution is 2.36. The van der Waals surface area contributed by atoms with Crippen molar-refractivity contribution in [3.8, 4) is 0 Å². The zero-order valence-electron chi connectivity index (χ0n) is 25.5. The number of alkyl carbamates (subject to hydrolysis) is 1. The summed E-state index contributed by atoms with van der Waals surface area (Å²) in [5.41, 5.74) is 0.701. The van der Waals surface area contributed by atoms with Gasteiger partial charge in [-0.05, 0) is 57.0 Å². The van der Waals surface area contributed by atoms with E-state index >= 15 is 0 Å². The largest absolute Gasteiger partial charge is 0.444 e. The van der Waals surface area contributed by atoms with Crippen molar-refractivity contribution in [2.45, 2.75) is 69.8 Å². The second-order valence-electron chi connectivity index (χ2n) is 12.3. The van der Waals surface area contributed by atoms with Crippen LogP contribution in [-0.2, 0) is 14.8 Å². The molecule has 3 aliphatic rings. The maximum absolute atomic E-state index is 13.5. The molecule has 43 heavy (non-hydrogen) atoms. The van der Waals surface area contributed by atoms with Gasteiger partial charge in [0, 0.05) is 70.5 Å². The molecule has 3 saturated heterocycles. The van der Waals surface area contributed by atoms with Gasteiger partial charge in [0.15, 0.2) is 0 Å². The number of piperidine rings is 1. The van der Waals surface area contributed by atoms with Crippen molar-refractivity contribution in [3.05, 3.63) is 46.2 Å². The van der Waals surface area contributed by atoms with E-state index in [2.05, 4.69) is 20.4 Å². The number of piperazine rings is 1. The van der Waals surface area contributed by atoms with Gasteiger partial charge in [0.05, 0.1) is 11.8 Å². The summed E-state index contributed by atoms with van der Waals surface area (Å²) in [7, 11) is -1.69. The molecule has 0 aliphatic carbocycles. The highest BCUT2D eigenvalue weighted by atomic mass is 32.2. The summed E-state index contributed by atoms with van der Waals surface area (Å²) >= 11 is 0. The van der Waals surface area contributed by atoms with Gasteiger partial charge in [-0.15, -0.1) is 0 Å². The van der Waals surface area contributed by atoms with E-state index in [0.29, 0.717) is 39.3 Å². The Kier molecular flexibility index (Phi) is 9.45. The first-order chi connectivity index (χ1) is 20.4. The van der Waals surface area contributed by atoms with E-state index in [1.807, 2.05) is 38.1 Å². The third kappa shape index (κ3) is 7.05. The number of nitrogens with one attached hydrogen (secondary N) is 2. The molecule has 13 heteroatoms.